The zero-order valence-corrected chi connectivity index (χ0v) is 13.7. The van der Waals surface area contributed by atoms with Crippen molar-refractivity contribution in [3.63, 3.8) is 0 Å². The Labute approximate surface area is 136 Å². The second kappa shape index (κ2) is 7.43. The van der Waals surface area contributed by atoms with Gasteiger partial charge in [0, 0.05) is 23.3 Å². The van der Waals surface area contributed by atoms with Gasteiger partial charge in [-0.05, 0) is 36.8 Å². The van der Waals surface area contributed by atoms with Gasteiger partial charge in [0.15, 0.2) is 0 Å². The lowest BCUT2D eigenvalue weighted by Gasteiger charge is -2.08. The quantitative estimate of drug-likeness (QED) is 0.871. The maximum Gasteiger partial charge on any atom is 0.253 e. The number of carbonyl (C=O) groups excluding carboxylic acids is 1. The molecule has 0 bridgehead atoms. The number of rotatable bonds is 5. The molecule has 4 nitrogen and oxygen atoms in total. The number of aromatic nitrogens is 1. The molecule has 21 heavy (non-hydrogen) atoms. The molecule has 0 atom stereocenters. The standard InChI is InChI=1S/C15H14BrClN2O2/c1-2-21-14-7-10(5-6-18-14)9-19-15(20)12-4-3-11(16)8-13(12)17/h3-8H,2,9H2,1H3,(H,19,20). The molecule has 0 saturated carbocycles. The summed E-state index contributed by atoms with van der Waals surface area (Å²) in [6.07, 6.45) is 1.65. The first-order chi connectivity index (χ1) is 10.1. The molecule has 2 aromatic rings. The third kappa shape index (κ3) is 4.44. The first-order valence-electron chi connectivity index (χ1n) is 6.41. The summed E-state index contributed by atoms with van der Waals surface area (Å²) in [6, 6.07) is 8.77. The van der Waals surface area contributed by atoms with Gasteiger partial charge in [0.2, 0.25) is 5.88 Å². The Kier molecular flexibility index (Phi) is 5.59. The molecule has 0 fully saturated rings. The predicted octanol–water partition coefficient (Wildman–Crippen LogP) is 3.83. The number of nitrogens with one attached hydrogen (secondary N) is 1. The Morgan fingerprint density at radius 1 is 1.38 bits per heavy atom. The molecular weight excluding hydrogens is 356 g/mol. The van der Waals surface area contributed by atoms with Crippen LogP contribution in [0.4, 0.5) is 0 Å². The van der Waals surface area contributed by atoms with Crippen molar-refractivity contribution >= 4 is 33.4 Å². The van der Waals surface area contributed by atoms with E-state index in [4.69, 9.17) is 16.3 Å². The fraction of sp³-hybridized carbons (Fsp3) is 0.200. The Morgan fingerprint density at radius 2 is 2.19 bits per heavy atom. The fourth-order valence-electron chi connectivity index (χ4n) is 1.74. The van der Waals surface area contributed by atoms with Crippen LogP contribution in [0.5, 0.6) is 5.88 Å². The lowest BCUT2D eigenvalue weighted by Crippen LogP contribution is -2.23. The minimum absolute atomic E-state index is 0.220. The topological polar surface area (TPSA) is 51.2 Å². The Morgan fingerprint density at radius 3 is 2.90 bits per heavy atom. The number of nitrogens with zero attached hydrogens (tertiary/aromatic N) is 1. The van der Waals surface area contributed by atoms with Gasteiger partial charge in [0.25, 0.3) is 5.91 Å². The van der Waals surface area contributed by atoms with Gasteiger partial charge in [-0.3, -0.25) is 4.79 Å². The molecular formula is C15H14BrClN2O2. The highest BCUT2D eigenvalue weighted by atomic mass is 79.9. The zero-order chi connectivity index (χ0) is 15.2. The molecule has 0 aliphatic carbocycles. The molecule has 1 aromatic heterocycles. The van der Waals surface area contributed by atoms with Crippen LogP contribution in [-0.4, -0.2) is 17.5 Å². The minimum atomic E-state index is -0.220. The van der Waals surface area contributed by atoms with Crippen molar-refractivity contribution in [1.82, 2.24) is 10.3 Å². The van der Waals surface area contributed by atoms with E-state index in [-0.39, 0.29) is 5.91 Å². The van der Waals surface area contributed by atoms with Gasteiger partial charge in [0.05, 0.1) is 17.2 Å². The smallest absolute Gasteiger partial charge is 0.253 e. The third-order valence-electron chi connectivity index (χ3n) is 2.72. The normalized spacial score (nSPS) is 10.2. The monoisotopic (exact) mass is 368 g/mol. The Hall–Kier alpha value is -1.59. The van der Waals surface area contributed by atoms with Crippen molar-refractivity contribution in [3.8, 4) is 5.88 Å². The molecule has 0 saturated heterocycles. The summed E-state index contributed by atoms with van der Waals surface area (Å²) in [5, 5.41) is 3.23. The zero-order valence-electron chi connectivity index (χ0n) is 11.4. The van der Waals surface area contributed by atoms with Gasteiger partial charge in [-0.1, -0.05) is 27.5 Å². The van der Waals surface area contributed by atoms with Gasteiger partial charge >= 0.3 is 0 Å². The second-order valence-electron chi connectivity index (χ2n) is 4.24. The van der Waals surface area contributed by atoms with Crippen molar-refractivity contribution in [2.24, 2.45) is 0 Å². The SMILES string of the molecule is CCOc1cc(CNC(=O)c2ccc(Br)cc2Cl)ccn1. The summed E-state index contributed by atoms with van der Waals surface area (Å²) in [4.78, 5) is 16.2. The van der Waals surface area contributed by atoms with Crippen molar-refractivity contribution in [2.75, 3.05) is 6.61 Å². The Bertz CT molecular complexity index is 649. The van der Waals surface area contributed by atoms with E-state index in [2.05, 4.69) is 26.2 Å². The molecule has 0 unspecified atom stereocenters. The van der Waals surface area contributed by atoms with Gasteiger partial charge in [-0.2, -0.15) is 0 Å². The molecule has 1 heterocycles. The van der Waals surface area contributed by atoms with Crippen LogP contribution in [-0.2, 0) is 6.54 Å². The van der Waals surface area contributed by atoms with E-state index < -0.39 is 0 Å². The van der Waals surface area contributed by atoms with Crippen LogP contribution in [0.2, 0.25) is 5.02 Å². The first kappa shape index (κ1) is 15.8. The molecule has 0 radical (unpaired) electrons. The van der Waals surface area contributed by atoms with E-state index in [1.54, 1.807) is 30.5 Å². The van der Waals surface area contributed by atoms with Crippen molar-refractivity contribution in [1.29, 1.82) is 0 Å². The van der Waals surface area contributed by atoms with Gasteiger partial charge < -0.3 is 10.1 Å². The van der Waals surface area contributed by atoms with Crippen LogP contribution in [0, 0.1) is 0 Å². The second-order valence-corrected chi connectivity index (χ2v) is 5.57. The van der Waals surface area contributed by atoms with Crippen LogP contribution in [0.15, 0.2) is 41.0 Å². The van der Waals surface area contributed by atoms with Crippen LogP contribution >= 0.6 is 27.5 Å². The number of pyridine rings is 1. The van der Waals surface area contributed by atoms with E-state index in [1.807, 2.05) is 13.0 Å². The summed E-state index contributed by atoms with van der Waals surface area (Å²) in [5.41, 5.74) is 1.36. The number of amides is 1. The third-order valence-corrected chi connectivity index (χ3v) is 3.53. The van der Waals surface area contributed by atoms with E-state index in [0.717, 1.165) is 10.0 Å². The average Bonchev–Trinajstić information content (AvgIpc) is 2.45. The number of hydrogen-bond acceptors (Lipinski definition) is 3. The van der Waals surface area contributed by atoms with Gasteiger partial charge in [-0.15, -0.1) is 0 Å². The lowest BCUT2D eigenvalue weighted by molar-refractivity contribution is 0.0951. The van der Waals surface area contributed by atoms with E-state index in [9.17, 15) is 4.79 Å². The summed E-state index contributed by atoms with van der Waals surface area (Å²) in [6.45, 7) is 2.83. The largest absolute Gasteiger partial charge is 0.478 e. The van der Waals surface area contributed by atoms with Crippen LogP contribution < -0.4 is 10.1 Å². The maximum atomic E-state index is 12.1. The van der Waals surface area contributed by atoms with E-state index in [1.165, 1.54) is 0 Å². The summed E-state index contributed by atoms with van der Waals surface area (Å²) < 4.78 is 6.15. The minimum Gasteiger partial charge on any atom is -0.478 e. The molecule has 1 N–H and O–H groups in total. The maximum absolute atomic E-state index is 12.1. The van der Waals surface area contributed by atoms with Crippen molar-refractivity contribution in [2.45, 2.75) is 13.5 Å². The highest BCUT2D eigenvalue weighted by Gasteiger charge is 2.10. The van der Waals surface area contributed by atoms with Crippen LogP contribution in [0.3, 0.4) is 0 Å². The number of benzene rings is 1. The fourth-order valence-corrected chi connectivity index (χ4v) is 2.50. The van der Waals surface area contributed by atoms with Gasteiger partial charge in [0.1, 0.15) is 0 Å². The lowest BCUT2D eigenvalue weighted by atomic mass is 10.2. The average molecular weight is 370 g/mol. The van der Waals surface area contributed by atoms with E-state index in [0.29, 0.717) is 29.6 Å². The summed E-state index contributed by atoms with van der Waals surface area (Å²) in [7, 11) is 0. The van der Waals surface area contributed by atoms with Gasteiger partial charge in [-0.25, -0.2) is 4.98 Å². The first-order valence-corrected chi connectivity index (χ1v) is 7.58. The van der Waals surface area contributed by atoms with Crippen LogP contribution in [0.1, 0.15) is 22.8 Å². The molecule has 6 heteroatoms. The molecule has 1 aromatic carbocycles. The molecule has 1 amide bonds. The van der Waals surface area contributed by atoms with Crippen molar-refractivity contribution < 1.29 is 9.53 Å². The Balaban J connectivity index is 2.02. The van der Waals surface area contributed by atoms with Crippen LogP contribution in [0.25, 0.3) is 0 Å². The van der Waals surface area contributed by atoms with Crippen molar-refractivity contribution in [3.05, 3.63) is 57.2 Å². The van der Waals surface area contributed by atoms with E-state index >= 15 is 0 Å². The molecule has 0 aliphatic heterocycles. The highest BCUT2D eigenvalue weighted by Crippen LogP contribution is 2.21. The highest BCUT2D eigenvalue weighted by molar-refractivity contribution is 9.10. The summed E-state index contributed by atoms with van der Waals surface area (Å²) in [5.74, 6) is 0.327. The molecule has 0 spiro atoms. The predicted molar refractivity (Wildman–Crippen MR) is 85.7 cm³/mol. The molecule has 2 rings (SSSR count). The molecule has 110 valence electrons. The summed E-state index contributed by atoms with van der Waals surface area (Å²) >= 11 is 9.36. The molecule has 0 aliphatic rings. The number of carbonyl (C=O) groups is 1. The number of ether oxygens (including phenoxy) is 1. The number of hydrogen-bond donors (Lipinski definition) is 1. The number of halogens is 2.